The van der Waals surface area contributed by atoms with Gasteiger partial charge in [-0.05, 0) is 25.5 Å². The number of esters is 2. The largest absolute Gasteiger partial charge is 0.457 e. The Morgan fingerprint density at radius 3 is 2.35 bits per heavy atom. The molecule has 0 amide bonds. The van der Waals surface area contributed by atoms with Gasteiger partial charge in [0.1, 0.15) is 17.9 Å². The number of ether oxygens (including phenoxy) is 2. The van der Waals surface area contributed by atoms with Gasteiger partial charge >= 0.3 is 11.9 Å². The lowest BCUT2D eigenvalue weighted by molar-refractivity contribution is -0.141. The summed E-state index contributed by atoms with van der Waals surface area (Å²) in [6.07, 6.45) is 4.86. The molecule has 0 aliphatic heterocycles. The number of carbonyl (C=O) groups excluding carboxylic acids is 2. The minimum absolute atomic E-state index is 0.0749. The maximum atomic E-state index is 12.2. The summed E-state index contributed by atoms with van der Waals surface area (Å²) in [5.41, 5.74) is 1.15. The molecule has 4 heteroatoms. The van der Waals surface area contributed by atoms with Gasteiger partial charge in [-0.15, -0.1) is 0 Å². The summed E-state index contributed by atoms with van der Waals surface area (Å²) in [6, 6.07) is 9.28. The van der Waals surface area contributed by atoms with Crippen molar-refractivity contribution < 1.29 is 19.1 Å². The number of allylic oxidation sites excluding steroid dienone is 3. The Balaban J connectivity index is 2.80. The quantitative estimate of drug-likeness (QED) is 0.332. The third-order valence-electron chi connectivity index (χ3n) is 2.75. The predicted molar refractivity (Wildman–Crippen MR) is 89.2 cm³/mol. The molecule has 23 heavy (non-hydrogen) atoms. The van der Waals surface area contributed by atoms with Gasteiger partial charge in [0.2, 0.25) is 0 Å². The number of benzene rings is 1. The van der Waals surface area contributed by atoms with Crippen molar-refractivity contribution in [1.82, 2.24) is 0 Å². The van der Waals surface area contributed by atoms with Gasteiger partial charge in [-0.25, -0.2) is 9.59 Å². The second-order valence-corrected chi connectivity index (χ2v) is 4.76. The highest BCUT2D eigenvalue weighted by atomic mass is 16.6. The second kappa shape index (κ2) is 9.20. The maximum Gasteiger partial charge on any atom is 0.342 e. The van der Waals surface area contributed by atoms with Crippen molar-refractivity contribution >= 4 is 11.9 Å². The van der Waals surface area contributed by atoms with Crippen LogP contribution in [0.1, 0.15) is 19.4 Å². The van der Waals surface area contributed by atoms with Crippen LogP contribution < -0.4 is 0 Å². The first-order chi connectivity index (χ1) is 11.0. The van der Waals surface area contributed by atoms with Crippen molar-refractivity contribution in [3.05, 3.63) is 84.2 Å². The fourth-order valence-corrected chi connectivity index (χ4v) is 1.52. The van der Waals surface area contributed by atoms with Crippen molar-refractivity contribution in [2.45, 2.75) is 20.5 Å². The fraction of sp³-hybridized carbons (Fsp3) is 0.158. The predicted octanol–water partition coefficient (Wildman–Crippen LogP) is 3.87. The number of hydrogen-bond acceptors (Lipinski definition) is 4. The minimum Gasteiger partial charge on any atom is -0.457 e. The summed E-state index contributed by atoms with van der Waals surface area (Å²) in [5, 5.41) is 0. The lowest BCUT2D eigenvalue weighted by Gasteiger charge is -2.11. The molecule has 0 atom stereocenters. The highest BCUT2D eigenvalue weighted by Crippen LogP contribution is 2.15. The van der Waals surface area contributed by atoms with Crippen molar-refractivity contribution in [2.75, 3.05) is 0 Å². The third kappa shape index (κ3) is 6.18. The molecule has 0 N–H and O–H groups in total. The van der Waals surface area contributed by atoms with Gasteiger partial charge in [0, 0.05) is 5.57 Å². The Morgan fingerprint density at radius 2 is 1.78 bits per heavy atom. The van der Waals surface area contributed by atoms with E-state index in [2.05, 4.69) is 13.2 Å². The first-order valence-electron chi connectivity index (χ1n) is 7.06. The Bertz CT molecular complexity index is 651. The summed E-state index contributed by atoms with van der Waals surface area (Å²) in [7, 11) is 0. The Labute approximate surface area is 136 Å². The van der Waals surface area contributed by atoms with Crippen LogP contribution >= 0.6 is 0 Å². The van der Waals surface area contributed by atoms with E-state index in [0.29, 0.717) is 0 Å². The molecule has 1 aromatic carbocycles. The van der Waals surface area contributed by atoms with Gasteiger partial charge in [0.25, 0.3) is 0 Å². The molecule has 0 saturated carbocycles. The van der Waals surface area contributed by atoms with E-state index in [-0.39, 0.29) is 23.5 Å². The Morgan fingerprint density at radius 1 is 1.13 bits per heavy atom. The maximum absolute atomic E-state index is 12.2. The van der Waals surface area contributed by atoms with Crippen LogP contribution in [0.5, 0.6) is 0 Å². The van der Waals surface area contributed by atoms with E-state index in [4.69, 9.17) is 9.47 Å². The van der Waals surface area contributed by atoms with E-state index in [1.807, 2.05) is 30.3 Å². The molecule has 0 aromatic heterocycles. The van der Waals surface area contributed by atoms with E-state index >= 15 is 0 Å². The summed E-state index contributed by atoms with van der Waals surface area (Å²) in [4.78, 5) is 23.8. The van der Waals surface area contributed by atoms with E-state index in [1.54, 1.807) is 19.1 Å². The first kappa shape index (κ1) is 18.2. The molecule has 0 saturated heterocycles. The van der Waals surface area contributed by atoms with E-state index in [1.165, 1.54) is 13.0 Å². The first-order valence-corrected chi connectivity index (χ1v) is 7.06. The molecule has 0 radical (unpaired) electrons. The highest BCUT2D eigenvalue weighted by molar-refractivity contribution is 5.95. The number of hydrogen-bond donors (Lipinski definition) is 0. The van der Waals surface area contributed by atoms with Crippen LogP contribution in [0, 0.1) is 0 Å². The molecule has 4 nitrogen and oxygen atoms in total. The van der Waals surface area contributed by atoms with Crippen molar-refractivity contribution in [3.63, 3.8) is 0 Å². The normalized spacial score (nSPS) is 11.1. The van der Waals surface area contributed by atoms with Crippen LogP contribution in [0.25, 0.3) is 0 Å². The van der Waals surface area contributed by atoms with Crippen molar-refractivity contribution in [3.8, 4) is 0 Å². The standard InChI is InChI=1S/C19H20O4/c1-5-6-12-17(15(4)23-18(20)14(2)3)19(21)22-13-16-10-8-7-9-11-16/h5-12H,2,4,13H2,1,3H3/b6-5-,17-12+. The monoisotopic (exact) mass is 312 g/mol. The molecule has 1 aromatic rings. The minimum atomic E-state index is -0.641. The van der Waals surface area contributed by atoms with Gasteiger partial charge in [-0.1, -0.05) is 55.6 Å². The topological polar surface area (TPSA) is 52.6 Å². The van der Waals surface area contributed by atoms with Crippen molar-refractivity contribution in [1.29, 1.82) is 0 Å². The van der Waals surface area contributed by atoms with Crippen LogP contribution in [-0.2, 0) is 25.7 Å². The lowest BCUT2D eigenvalue weighted by atomic mass is 10.2. The van der Waals surface area contributed by atoms with Gasteiger partial charge in [0.15, 0.2) is 0 Å². The molecule has 0 bridgehead atoms. The van der Waals surface area contributed by atoms with E-state index < -0.39 is 11.9 Å². The van der Waals surface area contributed by atoms with E-state index in [0.717, 1.165) is 5.56 Å². The molecule has 1 rings (SSSR count). The van der Waals surface area contributed by atoms with Gasteiger partial charge in [0.05, 0.1) is 0 Å². The fourth-order valence-electron chi connectivity index (χ4n) is 1.52. The summed E-state index contributed by atoms with van der Waals surface area (Å²) < 4.78 is 10.2. The lowest BCUT2D eigenvalue weighted by Crippen LogP contribution is -2.14. The Kier molecular flexibility index (Phi) is 7.27. The molecule has 0 spiro atoms. The average molecular weight is 312 g/mol. The molecule has 0 heterocycles. The molecule has 120 valence electrons. The SMILES string of the molecule is C=C(C)C(=O)OC(=C)/C(=C\C=C/C)C(=O)OCc1ccccc1. The molecule has 0 aliphatic rings. The van der Waals surface area contributed by atoms with Crippen LogP contribution in [-0.4, -0.2) is 11.9 Å². The average Bonchev–Trinajstić information content (AvgIpc) is 2.54. The number of rotatable bonds is 7. The molecular weight excluding hydrogens is 292 g/mol. The molecule has 0 aliphatic carbocycles. The van der Waals surface area contributed by atoms with Gasteiger partial charge in [-0.3, -0.25) is 0 Å². The van der Waals surface area contributed by atoms with Crippen molar-refractivity contribution in [2.24, 2.45) is 0 Å². The van der Waals surface area contributed by atoms with E-state index in [9.17, 15) is 9.59 Å². The summed E-state index contributed by atoms with van der Waals surface area (Å²) >= 11 is 0. The molecule has 0 fully saturated rings. The highest BCUT2D eigenvalue weighted by Gasteiger charge is 2.18. The third-order valence-corrected chi connectivity index (χ3v) is 2.75. The zero-order chi connectivity index (χ0) is 17.2. The zero-order valence-electron chi connectivity index (χ0n) is 13.4. The van der Waals surface area contributed by atoms with Gasteiger partial charge < -0.3 is 9.47 Å². The number of carbonyl (C=O) groups is 2. The van der Waals surface area contributed by atoms with Gasteiger partial charge in [-0.2, -0.15) is 0 Å². The Hall–Kier alpha value is -2.88. The van der Waals surface area contributed by atoms with Crippen LogP contribution in [0.15, 0.2) is 78.6 Å². The smallest absolute Gasteiger partial charge is 0.342 e. The molecular formula is C19H20O4. The summed E-state index contributed by atoms with van der Waals surface area (Å²) in [5.74, 6) is -1.34. The molecule has 0 unspecified atom stereocenters. The van der Waals surface area contributed by atoms with Crippen LogP contribution in [0.2, 0.25) is 0 Å². The van der Waals surface area contributed by atoms with Crippen LogP contribution in [0.4, 0.5) is 0 Å². The van der Waals surface area contributed by atoms with Crippen LogP contribution in [0.3, 0.4) is 0 Å². The summed E-state index contributed by atoms with van der Waals surface area (Å²) in [6.45, 7) is 10.5. The zero-order valence-corrected chi connectivity index (χ0v) is 13.4. The second-order valence-electron chi connectivity index (χ2n) is 4.76.